The Balaban J connectivity index is 1.51. The van der Waals surface area contributed by atoms with Crippen LogP contribution in [0.15, 0.2) is 46.8 Å². The standard InChI is InChI=1S/C19H18N4O4S/c1-2-27-15-6-4-13(5-7-15)21-17(25)9-14-11-28-19(22-14)23-18(26)12-3-8-16(24)20-10-12/h3-8,10-12H,2,9H2,1H3,(H,21,25)(H,22,23,26). The number of thiazole rings is 1. The maximum absolute atomic E-state index is 12.2. The van der Waals surface area contributed by atoms with Crippen LogP contribution in [0.1, 0.15) is 12.6 Å². The summed E-state index contributed by atoms with van der Waals surface area (Å²) in [4.78, 5) is 43.1. The molecule has 2 N–H and O–H groups in total. The molecular weight excluding hydrogens is 380 g/mol. The molecule has 0 saturated heterocycles. The Kier molecular flexibility index (Phi) is 6.28. The SMILES string of the molecule is CCOc1ccc(NC(=O)Cc2csc(NC(=O)C3C=CC(=O)N=C3)n2)cc1. The number of nitrogens with zero attached hydrogens (tertiary/aromatic N) is 2. The highest BCUT2D eigenvalue weighted by atomic mass is 32.1. The normalized spacial score (nSPS) is 15.3. The third-order valence-electron chi connectivity index (χ3n) is 3.68. The van der Waals surface area contributed by atoms with Gasteiger partial charge in [-0.2, -0.15) is 0 Å². The summed E-state index contributed by atoms with van der Waals surface area (Å²) in [6.45, 7) is 2.48. The van der Waals surface area contributed by atoms with Crippen LogP contribution in [-0.4, -0.2) is 35.5 Å². The van der Waals surface area contributed by atoms with E-state index in [0.717, 1.165) is 5.75 Å². The summed E-state index contributed by atoms with van der Waals surface area (Å²) in [6.07, 6.45) is 4.10. The number of amides is 3. The van der Waals surface area contributed by atoms with Crippen molar-refractivity contribution in [2.75, 3.05) is 17.2 Å². The summed E-state index contributed by atoms with van der Waals surface area (Å²) in [5, 5.41) is 7.54. The first-order chi connectivity index (χ1) is 13.5. The third kappa shape index (κ3) is 5.34. The molecule has 2 aromatic rings. The highest BCUT2D eigenvalue weighted by molar-refractivity contribution is 7.14. The monoisotopic (exact) mass is 398 g/mol. The van der Waals surface area contributed by atoms with Crippen molar-refractivity contribution in [1.82, 2.24) is 4.98 Å². The molecule has 144 valence electrons. The lowest BCUT2D eigenvalue weighted by atomic mass is 10.1. The fourth-order valence-electron chi connectivity index (χ4n) is 2.39. The molecule has 1 aliphatic rings. The summed E-state index contributed by atoms with van der Waals surface area (Å²) in [7, 11) is 0. The summed E-state index contributed by atoms with van der Waals surface area (Å²) in [6, 6.07) is 7.09. The number of anilines is 2. The fraction of sp³-hybridized carbons (Fsp3) is 0.211. The van der Waals surface area contributed by atoms with Gasteiger partial charge in [0.2, 0.25) is 11.8 Å². The summed E-state index contributed by atoms with van der Waals surface area (Å²) < 4.78 is 5.36. The van der Waals surface area contributed by atoms with Crippen molar-refractivity contribution in [2.24, 2.45) is 10.9 Å². The summed E-state index contributed by atoms with van der Waals surface area (Å²) >= 11 is 1.22. The first-order valence-corrected chi connectivity index (χ1v) is 9.46. The third-order valence-corrected chi connectivity index (χ3v) is 4.49. The quantitative estimate of drug-likeness (QED) is 0.744. The van der Waals surface area contributed by atoms with E-state index in [1.54, 1.807) is 29.6 Å². The van der Waals surface area contributed by atoms with E-state index in [1.807, 2.05) is 6.92 Å². The highest BCUT2D eigenvalue weighted by Gasteiger charge is 2.18. The largest absolute Gasteiger partial charge is 0.494 e. The van der Waals surface area contributed by atoms with E-state index in [4.69, 9.17) is 4.74 Å². The molecule has 0 spiro atoms. The number of aliphatic imine (C=N–C) groups is 1. The molecule has 0 fully saturated rings. The molecule has 1 aromatic heterocycles. The Hall–Kier alpha value is -3.33. The lowest BCUT2D eigenvalue weighted by molar-refractivity contribution is -0.117. The van der Waals surface area contributed by atoms with Gasteiger partial charge >= 0.3 is 0 Å². The molecule has 8 nitrogen and oxygen atoms in total. The molecule has 1 unspecified atom stereocenters. The fourth-order valence-corrected chi connectivity index (χ4v) is 3.11. The number of carbonyl (C=O) groups excluding carboxylic acids is 3. The molecule has 1 aromatic carbocycles. The van der Waals surface area contributed by atoms with Crippen LogP contribution in [0.4, 0.5) is 10.8 Å². The van der Waals surface area contributed by atoms with Crippen LogP contribution < -0.4 is 15.4 Å². The predicted octanol–water partition coefficient (Wildman–Crippen LogP) is 2.44. The molecule has 0 aliphatic carbocycles. The van der Waals surface area contributed by atoms with Crippen LogP contribution in [0.2, 0.25) is 0 Å². The molecule has 1 aliphatic heterocycles. The molecule has 3 rings (SSSR count). The maximum Gasteiger partial charge on any atom is 0.269 e. The van der Waals surface area contributed by atoms with Crippen molar-refractivity contribution in [2.45, 2.75) is 13.3 Å². The van der Waals surface area contributed by atoms with E-state index in [-0.39, 0.29) is 24.1 Å². The number of nitrogens with one attached hydrogen (secondary N) is 2. The van der Waals surface area contributed by atoms with Gasteiger partial charge in [-0.1, -0.05) is 6.08 Å². The lowest BCUT2D eigenvalue weighted by Gasteiger charge is -2.08. The summed E-state index contributed by atoms with van der Waals surface area (Å²) in [5.74, 6) is -0.824. The number of dihydropyridines is 1. The number of hydrogen-bond acceptors (Lipinski definition) is 6. The second-order valence-electron chi connectivity index (χ2n) is 5.82. The molecule has 0 radical (unpaired) electrons. The topological polar surface area (TPSA) is 110 Å². The Morgan fingerprint density at radius 1 is 1.21 bits per heavy atom. The molecule has 2 heterocycles. The van der Waals surface area contributed by atoms with Gasteiger partial charge in [0, 0.05) is 23.4 Å². The number of aromatic nitrogens is 1. The smallest absolute Gasteiger partial charge is 0.269 e. The molecular formula is C19H18N4O4S. The minimum absolute atomic E-state index is 0.0822. The first kappa shape index (κ1) is 19.4. The average Bonchev–Trinajstić information content (AvgIpc) is 3.10. The zero-order chi connectivity index (χ0) is 19.9. The van der Waals surface area contributed by atoms with Crippen molar-refractivity contribution < 1.29 is 19.1 Å². The average molecular weight is 398 g/mol. The second kappa shape index (κ2) is 9.05. The molecule has 28 heavy (non-hydrogen) atoms. The van der Waals surface area contributed by atoms with Gasteiger partial charge in [0.05, 0.1) is 24.6 Å². The zero-order valence-corrected chi connectivity index (χ0v) is 15.9. The van der Waals surface area contributed by atoms with E-state index in [2.05, 4.69) is 20.6 Å². The van der Waals surface area contributed by atoms with E-state index in [1.165, 1.54) is 29.7 Å². The van der Waals surface area contributed by atoms with Crippen molar-refractivity contribution in [3.63, 3.8) is 0 Å². The van der Waals surface area contributed by atoms with Gasteiger partial charge < -0.3 is 15.4 Å². The predicted molar refractivity (Wildman–Crippen MR) is 107 cm³/mol. The van der Waals surface area contributed by atoms with Crippen LogP contribution >= 0.6 is 11.3 Å². The Morgan fingerprint density at radius 2 is 2.00 bits per heavy atom. The van der Waals surface area contributed by atoms with E-state index in [0.29, 0.717) is 23.1 Å². The highest BCUT2D eigenvalue weighted by Crippen LogP contribution is 2.19. The van der Waals surface area contributed by atoms with Gasteiger partial charge in [-0.3, -0.25) is 14.4 Å². The van der Waals surface area contributed by atoms with E-state index < -0.39 is 5.92 Å². The summed E-state index contributed by atoms with van der Waals surface area (Å²) in [5.41, 5.74) is 1.21. The van der Waals surface area contributed by atoms with Crippen molar-refractivity contribution in [3.05, 3.63) is 47.5 Å². The molecule has 3 amide bonds. The van der Waals surface area contributed by atoms with Gasteiger partial charge in [0.15, 0.2) is 5.13 Å². The number of rotatable bonds is 7. The lowest BCUT2D eigenvalue weighted by Crippen LogP contribution is -2.24. The van der Waals surface area contributed by atoms with Crippen LogP contribution in [0.5, 0.6) is 5.75 Å². The van der Waals surface area contributed by atoms with Crippen molar-refractivity contribution in [1.29, 1.82) is 0 Å². The number of carbonyl (C=O) groups is 3. The minimum Gasteiger partial charge on any atom is -0.494 e. The Bertz CT molecular complexity index is 918. The molecule has 0 bridgehead atoms. The van der Waals surface area contributed by atoms with Gasteiger partial charge in [-0.05, 0) is 31.2 Å². The van der Waals surface area contributed by atoms with Crippen molar-refractivity contribution in [3.8, 4) is 5.75 Å². The van der Waals surface area contributed by atoms with Gasteiger partial charge in [0.1, 0.15) is 5.75 Å². The minimum atomic E-state index is -0.618. The van der Waals surface area contributed by atoms with Crippen LogP contribution in [0.25, 0.3) is 0 Å². The second-order valence-corrected chi connectivity index (χ2v) is 6.68. The number of ether oxygens (including phenoxy) is 1. The van der Waals surface area contributed by atoms with Crippen LogP contribution in [0, 0.1) is 5.92 Å². The van der Waals surface area contributed by atoms with E-state index >= 15 is 0 Å². The van der Waals surface area contributed by atoms with Crippen molar-refractivity contribution >= 4 is 46.1 Å². The van der Waals surface area contributed by atoms with Gasteiger partial charge in [-0.15, -0.1) is 11.3 Å². The molecule has 9 heteroatoms. The van der Waals surface area contributed by atoms with Crippen LogP contribution in [0.3, 0.4) is 0 Å². The Morgan fingerprint density at radius 3 is 2.68 bits per heavy atom. The van der Waals surface area contributed by atoms with Gasteiger partial charge in [0.25, 0.3) is 5.91 Å². The van der Waals surface area contributed by atoms with Gasteiger partial charge in [-0.25, -0.2) is 9.98 Å². The number of hydrogen-bond donors (Lipinski definition) is 2. The maximum atomic E-state index is 12.2. The Labute approximate surface area is 165 Å². The first-order valence-electron chi connectivity index (χ1n) is 8.58. The van der Waals surface area contributed by atoms with Crippen LogP contribution in [-0.2, 0) is 20.8 Å². The van der Waals surface area contributed by atoms with E-state index in [9.17, 15) is 14.4 Å². The molecule has 1 atom stereocenters. The number of benzene rings is 1. The zero-order valence-electron chi connectivity index (χ0n) is 15.0. The molecule has 0 saturated carbocycles.